The van der Waals surface area contributed by atoms with Crippen LogP contribution in [0.2, 0.25) is 5.02 Å². The normalized spacial score (nSPS) is 11.1. The molecule has 0 aromatic heterocycles. The van der Waals surface area contributed by atoms with Crippen LogP contribution in [-0.2, 0) is 16.6 Å². The lowest BCUT2D eigenvalue weighted by Crippen LogP contribution is -2.12. The Balaban J connectivity index is 2.18. The number of hydrogen-bond donors (Lipinski definition) is 3. The molecule has 2 rings (SSSR count). The summed E-state index contributed by atoms with van der Waals surface area (Å²) in [5.74, 6) is 0.125. The third-order valence-electron chi connectivity index (χ3n) is 2.73. The lowest BCUT2D eigenvalue weighted by atomic mass is 10.2. The molecule has 0 amide bonds. The van der Waals surface area contributed by atoms with Gasteiger partial charge in [-0.3, -0.25) is 4.72 Å². The zero-order chi connectivity index (χ0) is 15.5. The van der Waals surface area contributed by atoms with Crippen molar-refractivity contribution in [2.45, 2.75) is 6.54 Å². The molecule has 2 aromatic rings. The molecule has 0 saturated carbocycles. The molecule has 0 unspecified atom stereocenters. The van der Waals surface area contributed by atoms with Gasteiger partial charge in [0.2, 0.25) is 10.0 Å². The van der Waals surface area contributed by atoms with Gasteiger partial charge in [-0.05, 0) is 30.3 Å². The summed E-state index contributed by atoms with van der Waals surface area (Å²) in [6.07, 6.45) is 1.09. The van der Waals surface area contributed by atoms with Crippen molar-refractivity contribution >= 4 is 33.0 Å². The van der Waals surface area contributed by atoms with Crippen LogP contribution >= 0.6 is 11.6 Å². The van der Waals surface area contributed by atoms with Crippen molar-refractivity contribution in [2.75, 3.05) is 16.3 Å². The Morgan fingerprint density at radius 3 is 2.48 bits per heavy atom. The zero-order valence-electron chi connectivity index (χ0n) is 11.3. The Morgan fingerprint density at radius 2 is 1.81 bits per heavy atom. The number of phenols is 1. The highest BCUT2D eigenvalue weighted by atomic mass is 35.5. The second-order valence-corrected chi connectivity index (χ2v) is 6.73. The molecule has 0 heterocycles. The van der Waals surface area contributed by atoms with Crippen LogP contribution in [0.25, 0.3) is 0 Å². The largest absolute Gasteiger partial charge is 0.508 e. The van der Waals surface area contributed by atoms with Crippen LogP contribution in [-0.4, -0.2) is 19.8 Å². The van der Waals surface area contributed by atoms with Gasteiger partial charge >= 0.3 is 0 Å². The molecular weight excluding hydrogens is 312 g/mol. The quantitative estimate of drug-likeness (QED) is 0.789. The summed E-state index contributed by atoms with van der Waals surface area (Å²) < 4.78 is 25.1. The molecule has 112 valence electrons. The summed E-state index contributed by atoms with van der Waals surface area (Å²) in [6.45, 7) is 0.314. The highest BCUT2D eigenvalue weighted by Crippen LogP contribution is 2.26. The maximum absolute atomic E-state index is 11.3. The van der Waals surface area contributed by atoms with Crippen molar-refractivity contribution in [3.05, 3.63) is 53.1 Å². The summed E-state index contributed by atoms with van der Waals surface area (Å²) in [7, 11) is -3.36. The smallest absolute Gasteiger partial charge is 0.229 e. The maximum atomic E-state index is 11.3. The van der Waals surface area contributed by atoms with Crippen LogP contribution in [0.5, 0.6) is 5.75 Å². The van der Waals surface area contributed by atoms with Crippen molar-refractivity contribution in [3.8, 4) is 5.75 Å². The first-order valence-corrected chi connectivity index (χ1v) is 8.40. The Labute approximate surface area is 128 Å². The van der Waals surface area contributed by atoms with Crippen LogP contribution < -0.4 is 10.0 Å². The standard InChI is InChI=1S/C14H15ClN2O3S/c1-21(19,20)17-13-5-3-2-4-12(13)16-9-10-8-11(15)6-7-14(10)18/h2-8,16-18H,9H2,1H3. The van der Waals surface area contributed by atoms with Gasteiger partial charge < -0.3 is 10.4 Å². The third-order valence-corrected chi connectivity index (χ3v) is 3.56. The number of halogens is 1. The third kappa shape index (κ3) is 4.54. The number of sulfonamides is 1. The van der Waals surface area contributed by atoms with Crippen LogP contribution in [0.1, 0.15) is 5.56 Å². The Morgan fingerprint density at radius 1 is 1.14 bits per heavy atom. The van der Waals surface area contributed by atoms with Gasteiger partial charge in [-0.2, -0.15) is 0 Å². The molecule has 0 spiro atoms. The number of anilines is 2. The predicted octanol–water partition coefficient (Wildman–Crippen LogP) is 3.03. The van der Waals surface area contributed by atoms with E-state index >= 15 is 0 Å². The zero-order valence-corrected chi connectivity index (χ0v) is 12.9. The second-order valence-electron chi connectivity index (χ2n) is 4.55. The lowest BCUT2D eigenvalue weighted by molar-refractivity contribution is 0.469. The van der Waals surface area contributed by atoms with E-state index in [2.05, 4.69) is 10.0 Å². The monoisotopic (exact) mass is 326 g/mol. The molecule has 2 aromatic carbocycles. The highest BCUT2D eigenvalue weighted by Gasteiger charge is 2.08. The first-order chi connectivity index (χ1) is 9.85. The van der Waals surface area contributed by atoms with Crippen LogP contribution in [0.15, 0.2) is 42.5 Å². The van der Waals surface area contributed by atoms with E-state index in [9.17, 15) is 13.5 Å². The van der Waals surface area contributed by atoms with Crippen LogP contribution in [0.4, 0.5) is 11.4 Å². The molecule has 0 fully saturated rings. The minimum Gasteiger partial charge on any atom is -0.508 e. The van der Waals surface area contributed by atoms with E-state index in [4.69, 9.17) is 11.6 Å². The summed E-state index contributed by atoms with van der Waals surface area (Å²) in [6, 6.07) is 11.7. The fraction of sp³-hybridized carbons (Fsp3) is 0.143. The Kier molecular flexibility index (Phi) is 4.59. The van der Waals surface area contributed by atoms with Gasteiger partial charge in [0.25, 0.3) is 0 Å². The molecule has 0 aliphatic rings. The number of benzene rings is 2. The minimum absolute atomic E-state index is 0.125. The van der Waals surface area contributed by atoms with Crippen molar-refractivity contribution in [1.82, 2.24) is 0 Å². The van der Waals surface area contributed by atoms with Crippen molar-refractivity contribution in [2.24, 2.45) is 0 Å². The molecule has 21 heavy (non-hydrogen) atoms. The van der Waals surface area contributed by atoms with E-state index in [1.807, 2.05) is 0 Å². The summed E-state index contributed by atoms with van der Waals surface area (Å²) in [5, 5.41) is 13.4. The minimum atomic E-state index is -3.36. The maximum Gasteiger partial charge on any atom is 0.229 e. The second kappa shape index (κ2) is 6.24. The molecule has 3 N–H and O–H groups in total. The number of hydrogen-bond acceptors (Lipinski definition) is 4. The van der Waals surface area contributed by atoms with Gasteiger partial charge in [-0.1, -0.05) is 23.7 Å². The van der Waals surface area contributed by atoms with Crippen molar-refractivity contribution < 1.29 is 13.5 Å². The van der Waals surface area contributed by atoms with Crippen LogP contribution in [0, 0.1) is 0 Å². The van der Waals surface area contributed by atoms with Gasteiger partial charge in [-0.15, -0.1) is 0 Å². The van der Waals surface area contributed by atoms with Gasteiger partial charge in [0, 0.05) is 17.1 Å². The predicted molar refractivity (Wildman–Crippen MR) is 85.4 cm³/mol. The first kappa shape index (κ1) is 15.5. The molecule has 7 heteroatoms. The highest BCUT2D eigenvalue weighted by molar-refractivity contribution is 7.92. The molecule has 0 aliphatic heterocycles. The Bertz CT molecular complexity index is 748. The topological polar surface area (TPSA) is 78.4 Å². The first-order valence-electron chi connectivity index (χ1n) is 6.13. The summed E-state index contributed by atoms with van der Waals surface area (Å²) in [5.41, 5.74) is 1.68. The SMILES string of the molecule is CS(=O)(=O)Nc1ccccc1NCc1cc(Cl)ccc1O. The average Bonchev–Trinajstić information content (AvgIpc) is 2.39. The molecule has 0 saturated heterocycles. The molecule has 5 nitrogen and oxygen atoms in total. The van der Waals surface area contributed by atoms with Crippen LogP contribution in [0.3, 0.4) is 0 Å². The van der Waals surface area contributed by atoms with Gasteiger partial charge in [0.05, 0.1) is 17.6 Å². The molecule has 0 radical (unpaired) electrons. The molecule has 0 bridgehead atoms. The van der Waals surface area contributed by atoms with Crippen molar-refractivity contribution in [1.29, 1.82) is 0 Å². The number of phenolic OH excluding ortho intramolecular Hbond substituents is 1. The van der Waals surface area contributed by atoms with Gasteiger partial charge in [0.15, 0.2) is 0 Å². The molecule has 0 aliphatic carbocycles. The van der Waals surface area contributed by atoms with Gasteiger partial charge in [0.1, 0.15) is 5.75 Å². The fourth-order valence-corrected chi connectivity index (χ4v) is 2.58. The summed E-state index contributed by atoms with van der Waals surface area (Å²) >= 11 is 5.89. The average molecular weight is 327 g/mol. The number of para-hydroxylation sites is 2. The molecule has 0 atom stereocenters. The van der Waals surface area contributed by atoms with E-state index in [1.165, 1.54) is 6.07 Å². The van der Waals surface area contributed by atoms with Crippen molar-refractivity contribution in [3.63, 3.8) is 0 Å². The number of aromatic hydroxyl groups is 1. The van der Waals surface area contributed by atoms with E-state index in [-0.39, 0.29) is 5.75 Å². The Hall–Kier alpha value is -1.92. The van der Waals surface area contributed by atoms with E-state index in [0.29, 0.717) is 28.5 Å². The number of nitrogens with one attached hydrogen (secondary N) is 2. The lowest BCUT2D eigenvalue weighted by Gasteiger charge is -2.13. The van der Waals surface area contributed by atoms with E-state index in [0.717, 1.165) is 6.26 Å². The fourth-order valence-electron chi connectivity index (χ4n) is 1.81. The number of rotatable bonds is 5. The molecular formula is C14H15ClN2O3S. The van der Waals surface area contributed by atoms with Gasteiger partial charge in [-0.25, -0.2) is 8.42 Å². The van der Waals surface area contributed by atoms with E-state index in [1.54, 1.807) is 36.4 Å². The summed E-state index contributed by atoms with van der Waals surface area (Å²) in [4.78, 5) is 0. The van der Waals surface area contributed by atoms with E-state index < -0.39 is 10.0 Å².